The summed E-state index contributed by atoms with van der Waals surface area (Å²) in [4.78, 5) is 31.4. The van der Waals surface area contributed by atoms with Crippen LogP contribution < -0.4 is 5.32 Å². The molecule has 0 fully saturated rings. The molecule has 4 heterocycles. The predicted molar refractivity (Wildman–Crippen MR) is 122 cm³/mol. The molecular formula is C23H25ClN6O3. The minimum atomic E-state index is -0.360. The van der Waals surface area contributed by atoms with Crippen molar-refractivity contribution >= 4 is 23.4 Å². The zero-order valence-electron chi connectivity index (χ0n) is 18.5. The van der Waals surface area contributed by atoms with E-state index in [4.69, 9.17) is 16.3 Å². The van der Waals surface area contributed by atoms with Crippen LogP contribution in [0, 0.1) is 0 Å². The molecule has 9 nitrogen and oxygen atoms in total. The van der Waals surface area contributed by atoms with Crippen LogP contribution in [0.1, 0.15) is 56.7 Å². The molecule has 10 heteroatoms. The topological polar surface area (TPSA) is 94.3 Å². The number of hydrogen-bond donors (Lipinski definition) is 1. The Labute approximate surface area is 196 Å². The second-order valence-corrected chi connectivity index (χ2v) is 8.91. The molecule has 1 aromatic carbocycles. The van der Waals surface area contributed by atoms with E-state index in [1.165, 1.54) is 4.90 Å². The molecule has 0 radical (unpaired) electrons. The highest BCUT2D eigenvalue weighted by Gasteiger charge is 2.30. The maximum absolute atomic E-state index is 13.0. The number of aryl methyl sites for hydroxylation is 1. The molecule has 0 saturated heterocycles. The molecule has 2 aromatic heterocycles. The Bertz CT molecular complexity index is 1230. The van der Waals surface area contributed by atoms with Crippen LogP contribution in [0.3, 0.4) is 0 Å². The third-order valence-corrected chi connectivity index (χ3v) is 6.57. The van der Waals surface area contributed by atoms with Crippen LogP contribution in [-0.4, -0.2) is 56.7 Å². The van der Waals surface area contributed by atoms with Crippen LogP contribution in [-0.2, 0) is 24.3 Å². The van der Waals surface area contributed by atoms with Gasteiger partial charge in [0.05, 0.1) is 59.4 Å². The normalized spacial score (nSPS) is 17.2. The molecule has 2 aliphatic heterocycles. The predicted octanol–water partition coefficient (Wildman–Crippen LogP) is 2.76. The van der Waals surface area contributed by atoms with E-state index in [1.807, 2.05) is 6.07 Å². The van der Waals surface area contributed by atoms with E-state index < -0.39 is 0 Å². The molecule has 0 spiro atoms. The van der Waals surface area contributed by atoms with E-state index in [0.717, 1.165) is 42.8 Å². The molecule has 3 aromatic rings. The van der Waals surface area contributed by atoms with Gasteiger partial charge in [-0.3, -0.25) is 9.59 Å². The number of nitrogens with one attached hydrogen (secondary N) is 1. The molecule has 172 valence electrons. The molecular weight excluding hydrogens is 444 g/mol. The molecule has 5 rings (SSSR count). The third-order valence-electron chi connectivity index (χ3n) is 6.17. The van der Waals surface area contributed by atoms with Gasteiger partial charge in [-0.2, -0.15) is 5.10 Å². The molecule has 1 atom stereocenters. The van der Waals surface area contributed by atoms with Gasteiger partial charge in [0.25, 0.3) is 11.8 Å². The minimum Gasteiger partial charge on any atom is -0.373 e. The highest BCUT2D eigenvalue weighted by atomic mass is 35.5. The summed E-state index contributed by atoms with van der Waals surface area (Å²) in [5, 5.41) is 7.90. The molecule has 33 heavy (non-hydrogen) atoms. The molecule has 0 bridgehead atoms. The average molecular weight is 469 g/mol. The van der Waals surface area contributed by atoms with Gasteiger partial charge in [-0.1, -0.05) is 17.7 Å². The Morgan fingerprint density at radius 1 is 1.24 bits per heavy atom. The van der Waals surface area contributed by atoms with E-state index in [2.05, 4.69) is 20.0 Å². The number of rotatable bonds is 4. The van der Waals surface area contributed by atoms with Crippen molar-refractivity contribution < 1.29 is 14.3 Å². The zero-order chi connectivity index (χ0) is 23.1. The number of nitrogens with zero attached hydrogens (tertiary/aromatic N) is 5. The van der Waals surface area contributed by atoms with Crippen LogP contribution in [0.2, 0.25) is 5.02 Å². The van der Waals surface area contributed by atoms with Crippen LogP contribution in [0.15, 0.2) is 30.7 Å². The molecule has 0 aliphatic carbocycles. The number of carbonyl (C=O) groups is 2. The molecule has 2 aliphatic rings. The number of ether oxygens (including phenoxy) is 1. The second-order valence-electron chi connectivity index (χ2n) is 8.53. The fourth-order valence-corrected chi connectivity index (χ4v) is 4.74. The smallest absolute Gasteiger partial charge is 0.272 e. The number of hydrogen-bond acceptors (Lipinski definition) is 5. The number of amides is 2. The van der Waals surface area contributed by atoms with Crippen molar-refractivity contribution in [2.75, 3.05) is 20.7 Å². The number of imidazole rings is 1. The lowest BCUT2D eigenvalue weighted by atomic mass is 10.0. The van der Waals surface area contributed by atoms with Gasteiger partial charge in [-0.05, 0) is 31.4 Å². The number of benzene rings is 1. The van der Waals surface area contributed by atoms with Gasteiger partial charge in [-0.15, -0.1) is 0 Å². The van der Waals surface area contributed by atoms with Gasteiger partial charge in [0.15, 0.2) is 0 Å². The maximum Gasteiger partial charge on any atom is 0.272 e. The zero-order valence-corrected chi connectivity index (χ0v) is 19.3. The first kappa shape index (κ1) is 21.7. The van der Waals surface area contributed by atoms with Crippen molar-refractivity contribution in [1.82, 2.24) is 29.5 Å². The lowest BCUT2D eigenvalue weighted by molar-refractivity contribution is 0.0684. The van der Waals surface area contributed by atoms with Crippen molar-refractivity contribution in [2.45, 2.75) is 38.5 Å². The van der Waals surface area contributed by atoms with E-state index in [0.29, 0.717) is 35.2 Å². The molecule has 2 amide bonds. The highest BCUT2D eigenvalue weighted by Crippen LogP contribution is 2.31. The van der Waals surface area contributed by atoms with Crippen molar-refractivity contribution in [1.29, 1.82) is 0 Å². The first-order valence-corrected chi connectivity index (χ1v) is 11.3. The standard InChI is InChI=1S/C23H25ClN6O3/c1-28(2)23(32)14-6-5-8-17(20(14)24)30-19-12-33-11-16(15(19)10-26-30)27-22(31)21-18-7-3-4-9-29(18)13-25-21/h5-6,8,10,13,16H,3-4,7,9,11-12H2,1-2H3,(H,27,31)/t16-/m1/s1. The summed E-state index contributed by atoms with van der Waals surface area (Å²) in [6.45, 7) is 1.56. The van der Waals surface area contributed by atoms with E-state index in [9.17, 15) is 9.59 Å². The Balaban J connectivity index is 1.44. The van der Waals surface area contributed by atoms with Crippen LogP contribution >= 0.6 is 11.6 Å². The lowest BCUT2D eigenvalue weighted by Gasteiger charge is -2.25. The molecule has 0 saturated carbocycles. The Morgan fingerprint density at radius 2 is 2.09 bits per heavy atom. The summed E-state index contributed by atoms with van der Waals surface area (Å²) in [5.74, 6) is -0.399. The summed E-state index contributed by atoms with van der Waals surface area (Å²) in [5.41, 5.74) is 4.10. The largest absolute Gasteiger partial charge is 0.373 e. The Kier molecular flexibility index (Phi) is 5.67. The van der Waals surface area contributed by atoms with Crippen molar-refractivity contribution in [3.63, 3.8) is 0 Å². The number of fused-ring (bicyclic) bond motifs is 2. The summed E-state index contributed by atoms with van der Waals surface area (Å²) >= 11 is 6.61. The Morgan fingerprint density at radius 3 is 2.91 bits per heavy atom. The number of carbonyl (C=O) groups excluding carboxylic acids is 2. The summed E-state index contributed by atoms with van der Waals surface area (Å²) in [6, 6.07) is 4.91. The monoisotopic (exact) mass is 468 g/mol. The van der Waals surface area contributed by atoms with Gasteiger partial charge in [0.1, 0.15) is 5.69 Å². The first-order chi connectivity index (χ1) is 16.0. The Hall–Kier alpha value is -3.17. The second kappa shape index (κ2) is 8.64. The van der Waals surface area contributed by atoms with Gasteiger partial charge >= 0.3 is 0 Å². The third kappa shape index (κ3) is 3.81. The van der Waals surface area contributed by atoms with Gasteiger partial charge in [0.2, 0.25) is 0 Å². The van der Waals surface area contributed by atoms with E-state index in [-0.39, 0.29) is 17.9 Å². The van der Waals surface area contributed by atoms with Gasteiger partial charge in [0, 0.05) is 26.2 Å². The van der Waals surface area contributed by atoms with E-state index >= 15 is 0 Å². The summed E-state index contributed by atoms with van der Waals surface area (Å²) in [7, 11) is 3.36. The average Bonchev–Trinajstić information content (AvgIpc) is 3.44. The SMILES string of the molecule is CN(C)C(=O)c1cccc(-n2ncc3c2COC[C@H]3NC(=O)c2ncn3c2CCCC3)c1Cl. The maximum atomic E-state index is 13.0. The van der Waals surface area contributed by atoms with Gasteiger partial charge < -0.3 is 19.5 Å². The summed E-state index contributed by atoms with van der Waals surface area (Å²) in [6.07, 6.45) is 6.49. The molecule has 1 N–H and O–H groups in total. The quantitative estimate of drug-likeness (QED) is 0.635. The molecule has 0 unspecified atom stereocenters. The van der Waals surface area contributed by atoms with Crippen LogP contribution in [0.4, 0.5) is 0 Å². The fourth-order valence-electron chi connectivity index (χ4n) is 4.45. The fraction of sp³-hybridized carbons (Fsp3) is 0.391. The van der Waals surface area contributed by atoms with Crippen molar-refractivity contribution in [3.8, 4) is 5.69 Å². The lowest BCUT2D eigenvalue weighted by Crippen LogP contribution is -2.35. The van der Waals surface area contributed by atoms with Crippen LogP contribution in [0.25, 0.3) is 5.69 Å². The van der Waals surface area contributed by atoms with Crippen LogP contribution in [0.5, 0.6) is 0 Å². The highest BCUT2D eigenvalue weighted by molar-refractivity contribution is 6.35. The number of halogens is 1. The first-order valence-electron chi connectivity index (χ1n) is 11.0. The van der Waals surface area contributed by atoms with Crippen molar-refractivity contribution in [3.05, 3.63) is 64.0 Å². The number of aromatic nitrogens is 4. The van der Waals surface area contributed by atoms with Gasteiger partial charge in [-0.25, -0.2) is 9.67 Å². The minimum absolute atomic E-state index is 0.187. The summed E-state index contributed by atoms with van der Waals surface area (Å²) < 4.78 is 9.54. The van der Waals surface area contributed by atoms with E-state index in [1.54, 1.807) is 43.4 Å². The van der Waals surface area contributed by atoms with Crippen molar-refractivity contribution in [2.24, 2.45) is 0 Å².